The van der Waals surface area contributed by atoms with Crippen molar-refractivity contribution in [2.45, 2.75) is 25.9 Å². The number of likely N-dealkylation sites (tertiary alicyclic amines) is 1. The Morgan fingerprint density at radius 2 is 1.84 bits per heavy atom. The quantitative estimate of drug-likeness (QED) is 0.461. The molecule has 25 heavy (non-hydrogen) atoms. The van der Waals surface area contributed by atoms with Crippen molar-refractivity contribution in [3.8, 4) is 0 Å². The van der Waals surface area contributed by atoms with Crippen LogP contribution in [0.4, 0.5) is 4.79 Å². The van der Waals surface area contributed by atoms with Crippen molar-refractivity contribution in [2.24, 2.45) is 5.41 Å². The van der Waals surface area contributed by atoms with E-state index in [0.717, 1.165) is 24.8 Å². The van der Waals surface area contributed by atoms with Crippen molar-refractivity contribution in [3.05, 3.63) is 46.0 Å². The largest absolute Gasteiger partial charge is 0.445 e. The van der Waals surface area contributed by atoms with Gasteiger partial charge in [-0.1, -0.05) is 30.3 Å². The lowest BCUT2D eigenvalue weighted by Crippen LogP contribution is -2.44. The summed E-state index contributed by atoms with van der Waals surface area (Å²) in [5.41, 5.74) is 1.06. The molecule has 0 radical (unpaired) electrons. The molecule has 1 spiro atoms. The summed E-state index contributed by atoms with van der Waals surface area (Å²) in [5, 5.41) is 12.1. The number of ether oxygens (including phenoxy) is 1. The van der Waals surface area contributed by atoms with E-state index in [-0.39, 0.29) is 18.1 Å². The van der Waals surface area contributed by atoms with Gasteiger partial charge in [0.05, 0.1) is 4.92 Å². The van der Waals surface area contributed by atoms with E-state index in [9.17, 15) is 14.9 Å². The molecule has 1 aromatic carbocycles. The Labute approximate surface area is 146 Å². The average molecular weight is 349 g/mol. The van der Waals surface area contributed by atoms with Crippen molar-refractivity contribution in [1.82, 2.24) is 9.96 Å². The van der Waals surface area contributed by atoms with Gasteiger partial charge in [0, 0.05) is 26.2 Å². The molecular weight excluding hydrogens is 326 g/mol. The van der Waals surface area contributed by atoms with Gasteiger partial charge in [-0.15, -0.1) is 0 Å². The Morgan fingerprint density at radius 3 is 2.52 bits per heavy atom. The number of benzene rings is 1. The lowest BCUT2D eigenvalue weighted by atomic mass is 9.78. The van der Waals surface area contributed by atoms with Gasteiger partial charge in [-0.05, 0) is 30.2 Å². The van der Waals surface area contributed by atoms with Crippen LogP contribution in [0.3, 0.4) is 0 Å². The molecule has 8 heteroatoms. The first-order chi connectivity index (χ1) is 12.1. The number of hydrogen-bond donors (Lipinski definition) is 0. The lowest BCUT2D eigenvalue weighted by Gasteiger charge is -2.38. The molecule has 0 aliphatic carbocycles. The van der Waals surface area contributed by atoms with E-state index in [0.29, 0.717) is 26.2 Å². The molecule has 8 nitrogen and oxygen atoms in total. The van der Waals surface area contributed by atoms with Gasteiger partial charge in [0.15, 0.2) is 0 Å². The van der Waals surface area contributed by atoms with Gasteiger partial charge in [0.2, 0.25) is 0 Å². The Kier molecular flexibility index (Phi) is 5.50. The van der Waals surface area contributed by atoms with Crippen LogP contribution in [0, 0.1) is 15.5 Å². The zero-order chi connectivity index (χ0) is 17.7. The minimum atomic E-state index is -0.492. The smallest absolute Gasteiger partial charge is 0.410 e. The molecule has 1 amide bonds. The number of carbonyl (C=O) groups excluding carboxylic acids is 1. The second-order valence-corrected chi connectivity index (χ2v) is 6.73. The Morgan fingerprint density at radius 1 is 1.16 bits per heavy atom. The summed E-state index contributed by atoms with van der Waals surface area (Å²) in [5.74, 6) is 0. The molecule has 136 valence electrons. The fraction of sp³-hybridized carbons (Fsp3) is 0.588. The van der Waals surface area contributed by atoms with E-state index in [1.54, 1.807) is 9.96 Å². The molecule has 2 saturated heterocycles. The molecule has 2 heterocycles. The maximum absolute atomic E-state index is 12.2. The maximum atomic E-state index is 12.2. The summed E-state index contributed by atoms with van der Waals surface area (Å²) in [6.07, 6.45) is 2.40. The maximum Gasteiger partial charge on any atom is 0.410 e. The molecule has 2 aliphatic heterocycles. The van der Waals surface area contributed by atoms with Crippen molar-refractivity contribution in [2.75, 3.05) is 32.9 Å². The second-order valence-electron chi connectivity index (χ2n) is 6.73. The number of hydroxylamine groups is 2. The highest BCUT2D eigenvalue weighted by molar-refractivity contribution is 5.67. The van der Waals surface area contributed by atoms with E-state index in [1.165, 1.54) is 0 Å². The minimum absolute atomic E-state index is 0.0901. The lowest BCUT2D eigenvalue weighted by molar-refractivity contribution is -0.547. The highest BCUT2D eigenvalue weighted by Gasteiger charge is 2.42. The first kappa shape index (κ1) is 17.6. The zero-order valence-corrected chi connectivity index (χ0v) is 14.1. The molecular formula is C17H23N3O5. The number of piperidine rings is 1. The fourth-order valence-corrected chi connectivity index (χ4v) is 3.52. The number of carbonyl (C=O) groups is 1. The zero-order valence-electron chi connectivity index (χ0n) is 14.1. The third-order valence-corrected chi connectivity index (χ3v) is 5.04. The third kappa shape index (κ3) is 4.67. The van der Waals surface area contributed by atoms with E-state index >= 15 is 0 Å². The molecule has 0 saturated carbocycles. The molecule has 0 bridgehead atoms. The number of nitro groups is 1. The van der Waals surface area contributed by atoms with Gasteiger partial charge in [-0.25, -0.2) is 9.63 Å². The molecule has 0 aromatic heterocycles. The highest BCUT2D eigenvalue weighted by atomic mass is 16.7. The number of nitrogens with zero attached hydrogens (tertiary/aromatic N) is 3. The van der Waals surface area contributed by atoms with Crippen LogP contribution in [0.15, 0.2) is 30.3 Å². The molecule has 0 N–H and O–H groups in total. The number of amides is 1. The molecule has 0 unspecified atom stereocenters. The van der Waals surface area contributed by atoms with Crippen LogP contribution in [0.5, 0.6) is 0 Å². The summed E-state index contributed by atoms with van der Waals surface area (Å²) < 4.78 is 5.38. The third-order valence-electron chi connectivity index (χ3n) is 5.04. The first-order valence-corrected chi connectivity index (χ1v) is 8.52. The van der Waals surface area contributed by atoms with Gasteiger partial charge < -0.3 is 9.64 Å². The highest BCUT2D eigenvalue weighted by Crippen LogP contribution is 2.40. The van der Waals surface area contributed by atoms with E-state index < -0.39 is 11.7 Å². The van der Waals surface area contributed by atoms with E-state index in [2.05, 4.69) is 0 Å². The molecule has 2 aliphatic rings. The van der Waals surface area contributed by atoms with Gasteiger partial charge in [-0.3, -0.25) is 10.1 Å². The second kappa shape index (κ2) is 7.79. The van der Waals surface area contributed by atoms with Gasteiger partial charge in [0.1, 0.15) is 6.61 Å². The number of rotatable bonds is 5. The summed E-state index contributed by atoms with van der Waals surface area (Å²) in [7, 11) is 0. The normalized spacial score (nSPS) is 19.9. The fourth-order valence-electron chi connectivity index (χ4n) is 3.52. The molecule has 2 fully saturated rings. The summed E-state index contributed by atoms with van der Waals surface area (Å²) >= 11 is 0. The molecule has 1 aromatic rings. The van der Waals surface area contributed by atoms with Crippen LogP contribution in [0.2, 0.25) is 0 Å². The topological polar surface area (TPSA) is 85.2 Å². The Balaban J connectivity index is 1.42. The summed E-state index contributed by atoms with van der Waals surface area (Å²) in [6, 6.07) is 9.62. The van der Waals surface area contributed by atoms with Crippen molar-refractivity contribution < 1.29 is 19.3 Å². The first-order valence-electron chi connectivity index (χ1n) is 8.52. The van der Waals surface area contributed by atoms with Crippen molar-refractivity contribution in [1.29, 1.82) is 0 Å². The molecule has 0 atom stereocenters. The van der Waals surface area contributed by atoms with E-state index in [1.807, 2.05) is 30.3 Å². The SMILES string of the molecule is O=C(OCc1ccccc1)N1CCC2(CCN(OC[N+](=O)[O-])C2)CC1. The standard InChI is InChI=1S/C17H23N3O5/c21-16(24-12-15-4-2-1-3-5-15)18-9-6-17(7-10-18)8-11-19(13-17)25-14-20(22)23/h1-5H,6-14H2. The predicted molar refractivity (Wildman–Crippen MR) is 89.0 cm³/mol. The van der Waals surface area contributed by atoms with Crippen LogP contribution in [-0.2, 0) is 16.2 Å². The van der Waals surface area contributed by atoms with Crippen molar-refractivity contribution >= 4 is 6.09 Å². The molecule has 3 rings (SSSR count). The summed E-state index contributed by atoms with van der Waals surface area (Å²) in [6.45, 7) is 2.48. The Bertz CT molecular complexity index is 602. The monoisotopic (exact) mass is 349 g/mol. The van der Waals surface area contributed by atoms with Crippen LogP contribution in [0.25, 0.3) is 0 Å². The average Bonchev–Trinajstić information content (AvgIpc) is 3.02. The van der Waals surface area contributed by atoms with Crippen LogP contribution >= 0.6 is 0 Å². The van der Waals surface area contributed by atoms with E-state index in [4.69, 9.17) is 9.57 Å². The number of hydrogen-bond acceptors (Lipinski definition) is 6. The van der Waals surface area contributed by atoms with Crippen LogP contribution < -0.4 is 0 Å². The minimum Gasteiger partial charge on any atom is -0.445 e. The Hall–Kier alpha value is -2.19. The van der Waals surface area contributed by atoms with Crippen LogP contribution in [-0.4, -0.2) is 53.9 Å². The van der Waals surface area contributed by atoms with Crippen molar-refractivity contribution in [3.63, 3.8) is 0 Å². The predicted octanol–water partition coefficient (Wildman–Crippen LogP) is 2.28. The van der Waals surface area contributed by atoms with Gasteiger partial charge in [0.25, 0.3) is 0 Å². The van der Waals surface area contributed by atoms with Gasteiger partial charge in [-0.2, -0.15) is 5.06 Å². The van der Waals surface area contributed by atoms with Crippen LogP contribution in [0.1, 0.15) is 24.8 Å². The van der Waals surface area contributed by atoms with Gasteiger partial charge >= 0.3 is 12.8 Å². The summed E-state index contributed by atoms with van der Waals surface area (Å²) in [4.78, 5) is 29.1.